The maximum Gasteiger partial charge on any atom is 0.0678 e. The van der Waals surface area contributed by atoms with Crippen molar-refractivity contribution < 1.29 is 4.74 Å². The van der Waals surface area contributed by atoms with E-state index in [9.17, 15) is 0 Å². The van der Waals surface area contributed by atoms with Crippen molar-refractivity contribution in [1.82, 2.24) is 4.90 Å². The van der Waals surface area contributed by atoms with Crippen LogP contribution in [-0.4, -0.2) is 36.7 Å². The molecule has 2 nitrogen and oxygen atoms in total. The van der Waals surface area contributed by atoms with E-state index in [1.54, 1.807) is 0 Å². The highest BCUT2D eigenvalue weighted by Gasteiger charge is 2.23. The molecular weight excluding hydrogens is 222 g/mol. The minimum absolute atomic E-state index is 0.373. The van der Waals surface area contributed by atoms with Crippen molar-refractivity contribution in [2.24, 2.45) is 5.92 Å². The van der Waals surface area contributed by atoms with Gasteiger partial charge < -0.3 is 4.74 Å². The molecule has 1 aliphatic rings. The highest BCUT2D eigenvalue weighted by molar-refractivity contribution is 5.15. The molecule has 0 aliphatic carbocycles. The molecule has 0 saturated carbocycles. The van der Waals surface area contributed by atoms with Gasteiger partial charge in [-0.2, -0.15) is 0 Å². The summed E-state index contributed by atoms with van der Waals surface area (Å²) in [7, 11) is 0. The summed E-state index contributed by atoms with van der Waals surface area (Å²) >= 11 is 0. The Bertz CT molecular complexity index is 341. The first-order chi connectivity index (χ1) is 8.63. The van der Waals surface area contributed by atoms with E-state index in [-0.39, 0.29) is 0 Å². The van der Waals surface area contributed by atoms with Gasteiger partial charge in [0.15, 0.2) is 0 Å². The first kappa shape index (κ1) is 13.6. The number of benzene rings is 1. The van der Waals surface area contributed by atoms with Gasteiger partial charge in [-0.3, -0.25) is 4.90 Å². The molecule has 100 valence electrons. The second-order valence-corrected chi connectivity index (χ2v) is 5.77. The Balaban J connectivity index is 1.82. The zero-order valence-corrected chi connectivity index (χ0v) is 11.8. The number of rotatable bonds is 4. The van der Waals surface area contributed by atoms with Crippen molar-refractivity contribution in [2.75, 3.05) is 19.6 Å². The van der Waals surface area contributed by atoms with Crippen molar-refractivity contribution in [3.63, 3.8) is 0 Å². The Hall–Kier alpha value is -0.860. The fourth-order valence-electron chi connectivity index (χ4n) is 2.96. The van der Waals surface area contributed by atoms with Gasteiger partial charge in [-0.1, -0.05) is 37.3 Å². The zero-order chi connectivity index (χ0) is 13.0. The van der Waals surface area contributed by atoms with Crippen LogP contribution in [-0.2, 0) is 11.2 Å². The van der Waals surface area contributed by atoms with Gasteiger partial charge in [0.25, 0.3) is 0 Å². The number of ether oxygens (including phenoxy) is 1. The Morgan fingerprint density at radius 3 is 2.39 bits per heavy atom. The molecular formula is C16H25NO. The van der Waals surface area contributed by atoms with Crippen LogP contribution < -0.4 is 0 Å². The Morgan fingerprint density at radius 1 is 1.17 bits per heavy atom. The first-order valence-electron chi connectivity index (χ1n) is 7.05. The third kappa shape index (κ3) is 4.11. The maximum atomic E-state index is 5.77. The fraction of sp³-hybridized carbons (Fsp3) is 0.625. The predicted molar refractivity (Wildman–Crippen MR) is 75.8 cm³/mol. The largest absolute Gasteiger partial charge is 0.373 e. The highest BCUT2D eigenvalue weighted by Crippen LogP contribution is 2.15. The van der Waals surface area contributed by atoms with Gasteiger partial charge in [-0.15, -0.1) is 0 Å². The van der Waals surface area contributed by atoms with Crippen LogP contribution in [0.25, 0.3) is 0 Å². The minimum atomic E-state index is 0.373. The van der Waals surface area contributed by atoms with Crippen LogP contribution in [0.5, 0.6) is 0 Å². The third-order valence-electron chi connectivity index (χ3n) is 3.49. The molecule has 2 unspecified atom stereocenters. The van der Waals surface area contributed by atoms with Gasteiger partial charge in [0.1, 0.15) is 0 Å². The second-order valence-electron chi connectivity index (χ2n) is 5.77. The summed E-state index contributed by atoms with van der Waals surface area (Å²) < 4.78 is 5.77. The second kappa shape index (κ2) is 6.35. The van der Waals surface area contributed by atoms with Crippen molar-refractivity contribution in [3.8, 4) is 0 Å². The van der Waals surface area contributed by atoms with Gasteiger partial charge >= 0.3 is 0 Å². The molecule has 1 fully saturated rings. The first-order valence-corrected chi connectivity index (χ1v) is 7.05. The summed E-state index contributed by atoms with van der Waals surface area (Å²) in [5.74, 6) is 0.699. The van der Waals surface area contributed by atoms with E-state index in [0.717, 1.165) is 13.1 Å². The van der Waals surface area contributed by atoms with E-state index in [1.807, 2.05) is 0 Å². The van der Waals surface area contributed by atoms with Crippen LogP contribution in [0.2, 0.25) is 0 Å². The lowest BCUT2D eigenvalue weighted by Crippen LogP contribution is -2.47. The molecule has 18 heavy (non-hydrogen) atoms. The van der Waals surface area contributed by atoms with Crippen molar-refractivity contribution in [2.45, 2.75) is 39.4 Å². The summed E-state index contributed by atoms with van der Waals surface area (Å²) in [6.45, 7) is 10.0. The molecule has 1 saturated heterocycles. The molecule has 2 rings (SSSR count). The molecule has 0 N–H and O–H groups in total. The molecule has 0 spiro atoms. The lowest BCUT2D eigenvalue weighted by molar-refractivity contribution is -0.0708. The molecule has 0 radical (unpaired) electrons. The van der Waals surface area contributed by atoms with Crippen LogP contribution in [0, 0.1) is 5.92 Å². The van der Waals surface area contributed by atoms with E-state index >= 15 is 0 Å². The molecule has 2 heteroatoms. The van der Waals surface area contributed by atoms with Crippen LogP contribution in [0.3, 0.4) is 0 Å². The van der Waals surface area contributed by atoms with Gasteiger partial charge in [-0.25, -0.2) is 0 Å². The van der Waals surface area contributed by atoms with Gasteiger partial charge in [0.05, 0.1) is 12.2 Å². The molecule has 1 heterocycles. The lowest BCUT2D eigenvalue weighted by Gasteiger charge is -2.36. The van der Waals surface area contributed by atoms with E-state index in [0.29, 0.717) is 18.1 Å². The topological polar surface area (TPSA) is 12.5 Å². The zero-order valence-electron chi connectivity index (χ0n) is 11.8. The molecule has 1 aliphatic heterocycles. The van der Waals surface area contributed by atoms with E-state index in [2.05, 4.69) is 56.0 Å². The summed E-state index contributed by atoms with van der Waals surface area (Å²) in [6.07, 6.45) is 1.91. The average Bonchev–Trinajstić information content (AvgIpc) is 2.28. The van der Waals surface area contributed by atoms with Crippen molar-refractivity contribution >= 4 is 0 Å². The molecule has 1 aromatic carbocycles. The molecule has 3 atom stereocenters. The summed E-state index contributed by atoms with van der Waals surface area (Å²) in [5.41, 5.74) is 1.44. The fourth-order valence-corrected chi connectivity index (χ4v) is 2.96. The normalized spacial score (nSPS) is 27.1. The monoisotopic (exact) mass is 247 g/mol. The Morgan fingerprint density at radius 2 is 1.78 bits per heavy atom. The minimum Gasteiger partial charge on any atom is -0.373 e. The average molecular weight is 247 g/mol. The van der Waals surface area contributed by atoms with Crippen molar-refractivity contribution in [1.29, 1.82) is 0 Å². The number of morpholine rings is 1. The van der Waals surface area contributed by atoms with Crippen LogP contribution in [0.4, 0.5) is 0 Å². The number of hydrogen-bond acceptors (Lipinski definition) is 2. The van der Waals surface area contributed by atoms with E-state index < -0.39 is 0 Å². The number of nitrogens with zero attached hydrogens (tertiary/aromatic N) is 1. The SMILES string of the molecule is CC(Cc1ccccc1)CN1CC(C)O[C@H](C)C1. The lowest BCUT2D eigenvalue weighted by atomic mass is 10.00. The van der Waals surface area contributed by atoms with Crippen LogP contribution in [0.1, 0.15) is 26.3 Å². The number of hydrogen-bond donors (Lipinski definition) is 0. The predicted octanol–water partition coefficient (Wildman–Crippen LogP) is 2.97. The Labute approximate surface area is 111 Å². The van der Waals surface area contributed by atoms with Crippen molar-refractivity contribution in [3.05, 3.63) is 35.9 Å². The Kier molecular flexibility index (Phi) is 4.79. The molecule has 0 aromatic heterocycles. The quantitative estimate of drug-likeness (QED) is 0.811. The molecule has 0 bridgehead atoms. The summed E-state index contributed by atoms with van der Waals surface area (Å²) in [5, 5.41) is 0. The molecule has 1 aromatic rings. The summed E-state index contributed by atoms with van der Waals surface area (Å²) in [6, 6.07) is 10.8. The van der Waals surface area contributed by atoms with E-state index in [4.69, 9.17) is 4.74 Å². The molecule has 0 amide bonds. The standard InChI is InChI=1S/C16H25NO/c1-13(9-16-7-5-4-6-8-16)10-17-11-14(2)18-15(3)12-17/h4-8,13-15H,9-12H2,1-3H3/t13?,14-,15?/m1/s1. The highest BCUT2D eigenvalue weighted by atomic mass is 16.5. The van der Waals surface area contributed by atoms with E-state index in [1.165, 1.54) is 18.5 Å². The van der Waals surface area contributed by atoms with Crippen LogP contribution >= 0.6 is 0 Å². The van der Waals surface area contributed by atoms with Gasteiger partial charge in [-0.05, 0) is 31.7 Å². The maximum absolute atomic E-state index is 5.77. The third-order valence-corrected chi connectivity index (χ3v) is 3.49. The smallest absolute Gasteiger partial charge is 0.0678 e. The summed E-state index contributed by atoms with van der Waals surface area (Å²) in [4.78, 5) is 2.55. The van der Waals surface area contributed by atoms with Gasteiger partial charge in [0.2, 0.25) is 0 Å². The van der Waals surface area contributed by atoms with Crippen LogP contribution in [0.15, 0.2) is 30.3 Å². The van der Waals surface area contributed by atoms with Gasteiger partial charge in [0, 0.05) is 19.6 Å².